The lowest BCUT2D eigenvalue weighted by Crippen LogP contribution is -2.49. The Balaban J connectivity index is 1.29. The molecule has 1 amide bonds. The van der Waals surface area contributed by atoms with Gasteiger partial charge in [-0.15, -0.1) is 0 Å². The van der Waals surface area contributed by atoms with Gasteiger partial charge in [0.25, 0.3) is 5.91 Å². The van der Waals surface area contributed by atoms with E-state index in [1.807, 2.05) is 24.3 Å². The van der Waals surface area contributed by atoms with Crippen LogP contribution in [0.2, 0.25) is 0 Å². The summed E-state index contributed by atoms with van der Waals surface area (Å²) in [5.41, 5.74) is 6.89. The number of carbonyl (C=O) groups excluding carboxylic acids is 1. The average Bonchev–Trinajstić information content (AvgIpc) is 2.73. The Hall–Kier alpha value is -3.26. The summed E-state index contributed by atoms with van der Waals surface area (Å²) < 4.78 is 18.6. The second kappa shape index (κ2) is 8.40. The van der Waals surface area contributed by atoms with Gasteiger partial charge in [0.2, 0.25) is 0 Å². The van der Waals surface area contributed by atoms with Crippen LogP contribution in [-0.2, 0) is 11.3 Å². The predicted molar refractivity (Wildman–Crippen MR) is 108 cm³/mol. The summed E-state index contributed by atoms with van der Waals surface area (Å²) in [4.78, 5) is 25.3. The highest BCUT2D eigenvalue weighted by Gasteiger charge is 2.22. The molecule has 4 rings (SSSR count). The summed E-state index contributed by atoms with van der Waals surface area (Å²) >= 11 is 0. The van der Waals surface area contributed by atoms with Crippen molar-refractivity contribution in [1.29, 1.82) is 0 Å². The maximum atomic E-state index is 13.2. The van der Waals surface area contributed by atoms with Crippen molar-refractivity contribution >= 4 is 22.6 Å². The van der Waals surface area contributed by atoms with Crippen molar-refractivity contribution in [3.63, 3.8) is 0 Å². The molecule has 0 radical (unpaired) electrons. The molecule has 1 aliphatic heterocycles. The van der Waals surface area contributed by atoms with Crippen molar-refractivity contribution in [2.24, 2.45) is 0 Å². The third kappa shape index (κ3) is 4.60. The van der Waals surface area contributed by atoms with Crippen molar-refractivity contribution < 1.29 is 13.9 Å². The zero-order valence-electron chi connectivity index (χ0n) is 15.9. The van der Waals surface area contributed by atoms with Gasteiger partial charge in [-0.2, -0.15) is 0 Å². The predicted octanol–water partition coefficient (Wildman–Crippen LogP) is 2.07. The summed E-state index contributed by atoms with van der Waals surface area (Å²) in [6.07, 6.45) is 0. The van der Waals surface area contributed by atoms with Crippen LogP contribution < -0.4 is 10.5 Å². The van der Waals surface area contributed by atoms with Crippen LogP contribution in [-0.4, -0.2) is 58.5 Å². The molecule has 1 aromatic heterocycles. The first kappa shape index (κ1) is 19.1. The zero-order chi connectivity index (χ0) is 20.2. The number of nitrogens with two attached hydrogens (primary N) is 1. The molecule has 1 fully saturated rings. The van der Waals surface area contributed by atoms with Crippen LogP contribution in [0.3, 0.4) is 0 Å². The van der Waals surface area contributed by atoms with Gasteiger partial charge in [-0.05, 0) is 24.3 Å². The third-order valence-corrected chi connectivity index (χ3v) is 4.93. The van der Waals surface area contributed by atoms with E-state index in [0.29, 0.717) is 50.1 Å². The number of halogens is 1. The van der Waals surface area contributed by atoms with Crippen LogP contribution in [0.1, 0.15) is 5.82 Å². The first-order valence-corrected chi connectivity index (χ1v) is 9.48. The van der Waals surface area contributed by atoms with E-state index >= 15 is 0 Å². The molecule has 3 aromatic rings. The van der Waals surface area contributed by atoms with Crippen LogP contribution in [0.5, 0.6) is 5.75 Å². The molecule has 1 aliphatic rings. The number of para-hydroxylation sites is 1. The molecule has 8 heteroatoms. The normalized spacial score (nSPS) is 14.9. The molecule has 2 aromatic carbocycles. The molecule has 2 N–H and O–H groups in total. The SMILES string of the molecule is Nc1nc(CN2CCN(C(=O)COc3cccc(F)c3)CC2)nc2ccccc12. The fourth-order valence-corrected chi connectivity index (χ4v) is 3.37. The quantitative estimate of drug-likeness (QED) is 0.712. The second-order valence-corrected chi connectivity index (χ2v) is 6.95. The number of carbonyl (C=O) groups is 1. The molecule has 150 valence electrons. The van der Waals surface area contributed by atoms with Crippen LogP contribution in [0, 0.1) is 5.82 Å². The maximum absolute atomic E-state index is 13.2. The molecule has 7 nitrogen and oxygen atoms in total. The van der Waals surface area contributed by atoms with E-state index < -0.39 is 0 Å². The zero-order valence-corrected chi connectivity index (χ0v) is 15.9. The summed E-state index contributed by atoms with van der Waals surface area (Å²) in [7, 11) is 0. The Kier molecular flexibility index (Phi) is 5.53. The largest absolute Gasteiger partial charge is 0.484 e. The number of aromatic nitrogens is 2. The number of hydrogen-bond acceptors (Lipinski definition) is 6. The Morgan fingerprint density at radius 3 is 2.66 bits per heavy atom. The number of benzene rings is 2. The van der Waals surface area contributed by atoms with E-state index in [1.54, 1.807) is 17.0 Å². The molecular formula is C21H22FN5O2. The van der Waals surface area contributed by atoms with Gasteiger partial charge in [-0.3, -0.25) is 9.69 Å². The minimum atomic E-state index is -0.389. The lowest BCUT2D eigenvalue weighted by molar-refractivity contribution is -0.135. The second-order valence-electron chi connectivity index (χ2n) is 6.95. The van der Waals surface area contributed by atoms with Crippen molar-refractivity contribution in [2.75, 3.05) is 38.5 Å². The van der Waals surface area contributed by atoms with Gasteiger partial charge >= 0.3 is 0 Å². The van der Waals surface area contributed by atoms with E-state index in [0.717, 1.165) is 10.9 Å². The van der Waals surface area contributed by atoms with Gasteiger partial charge in [-0.25, -0.2) is 14.4 Å². The van der Waals surface area contributed by atoms with Gasteiger partial charge in [0.1, 0.15) is 23.2 Å². The highest BCUT2D eigenvalue weighted by atomic mass is 19.1. The highest BCUT2D eigenvalue weighted by molar-refractivity contribution is 5.87. The number of ether oxygens (including phenoxy) is 1. The fourth-order valence-electron chi connectivity index (χ4n) is 3.37. The molecule has 29 heavy (non-hydrogen) atoms. The number of piperazine rings is 1. The van der Waals surface area contributed by atoms with Gasteiger partial charge in [0, 0.05) is 37.6 Å². The van der Waals surface area contributed by atoms with E-state index in [-0.39, 0.29) is 18.3 Å². The average molecular weight is 395 g/mol. The Labute approximate surface area is 167 Å². The summed E-state index contributed by atoms with van der Waals surface area (Å²) in [6, 6.07) is 13.4. The smallest absolute Gasteiger partial charge is 0.260 e. The Bertz CT molecular complexity index is 1020. The van der Waals surface area contributed by atoms with Crippen LogP contribution >= 0.6 is 0 Å². The number of anilines is 1. The standard InChI is InChI=1S/C21H22FN5O2/c22-15-4-3-5-16(12-15)29-14-20(28)27-10-8-26(9-11-27)13-19-24-18-7-2-1-6-17(18)21(23)25-19/h1-7,12H,8-11,13-14H2,(H2,23,24,25). The molecule has 1 saturated heterocycles. The van der Waals surface area contributed by atoms with Crippen LogP contribution in [0.25, 0.3) is 10.9 Å². The van der Waals surface area contributed by atoms with E-state index in [1.165, 1.54) is 12.1 Å². The maximum Gasteiger partial charge on any atom is 0.260 e. The summed E-state index contributed by atoms with van der Waals surface area (Å²) in [5.74, 6) is 1.01. The topological polar surface area (TPSA) is 84.6 Å². The molecule has 0 bridgehead atoms. The minimum absolute atomic E-state index is 0.103. The molecule has 0 spiro atoms. The molecule has 2 heterocycles. The highest BCUT2D eigenvalue weighted by Crippen LogP contribution is 2.18. The lowest BCUT2D eigenvalue weighted by Gasteiger charge is -2.34. The van der Waals surface area contributed by atoms with Crippen LogP contribution in [0.4, 0.5) is 10.2 Å². The number of fused-ring (bicyclic) bond motifs is 1. The van der Waals surface area contributed by atoms with Gasteiger partial charge in [-0.1, -0.05) is 18.2 Å². The number of rotatable bonds is 5. The lowest BCUT2D eigenvalue weighted by atomic mass is 10.2. The van der Waals surface area contributed by atoms with Gasteiger partial charge in [0.15, 0.2) is 6.61 Å². The Morgan fingerprint density at radius 2 is 1.86 bits per heavy atom. The number of nitrogens with zero attached hydrogens (tertiary/aromatic N) is 4. The molecule has 0 aliphatic carbocycles. The molecule has 0 unspecified atom stereocenters. The fraction of sp³-hybridized carbons (Fsp3) is 0.286. The van der Waals surface area contributed by atoms with Crippen molar-refractivity contribution in [3.05, 3.63) is 60.2 Å². The van der Waals surface area contributed by atoms with Crippen LogP contribution in [0.15, 0.2) is 48.5 Å². The molecular weight excluding hydrogens is 373 g/mol. The van der Waals surface area contributed by atoms with Gasteiger partial charge in [0.05, 0.1) is 12.1 Å². The third-order valence-electron chi connectivity index (χ3n) is 4.93. The van der Waals surface area contributed by atoms with Crippen molar-refractivity contribution in [2.45, 2.75) is 6.54 Å². The van der Waals surface area contributed by atoms with E-state index in [9.17, 15) is 9.18 Å². The van der Waals surface area contributed by atoms with E-state index in [2.05, 4.69) is 14.9 Å². The monoisotopic (exact) mass is 395 g/mol. The van der Waals surface area contributed by atoms with Crippen molar-refractivity contribution in [3.8, 4) is 5.75 Å². The summed E-state index contributed by atoms with van der Waals surface area (Å²) in [5, 5.41) is 0.852. The van der Waals surface area contributed by atoms with E-state index in [4.69, 9.17) is 10.5 Å². The first-order chi connectivity index (χ1) is 14.1. The minimum Gasteiger partial charge on any atom is -0.484 e. The molecule has 0 atom stereocenters. The number of nitrogen functional groups attached to an aromatic ring is 1. The number of amides is 1. The number of hydrogen-bond donors (Lipinski definition) is 1. The van der Waals surface area contributed by atoms with Crippen molar-refractivity contribution in [1.82, 2.24) is 19.8 Å². The first-order valence-electron chi connectivity index (χ1n) is 9.48. The molecule has 0 saturated carbocycles. The van der Waals surface area contributed by atoms with Gasteiger partial charge < -0.3 is 15.4 Å². The Morgan fingerprint density at radius 1 is 1.07 bits per heavy atom. The summed E-state index contributed by atoms with van der Waals surface area (Å²) in [6.45, 7) is 3.08.